The monoisotopic (exact) mass is 287 g/mol. The quantitative estimate of drug-likeness (QED) is 0.589. The molecule has 0 bridgehead atoms. The molecule has 2 rings (SSSR count). The molecule has 21 heavy (non-hydrogen) atoms. The summed E-state index contributed by atoms with van der Waals surface area (Å²) in [7, 11) is 0. The Labute approximate surface area is 120 Å². The highest BCUT2D eigenvalue weighted by Gasteiger charge is 2.13. The van der Waals surface area contributed by atoms with E-state index in [1.165, 1.54) is 36.4 Å². The number of ether oxygens (including phenoxy) is 1. The number of phenolic OH excluding ortho intramolecular Hbond substituents is 2. The predicted molar refractivity (Wildman–Crippen MR) is 75.1 cm³/mol. The third-order valence-corrected chi connectivity index (χ3v) is 2.61. The van der Waals surface area contributed by atoms with E-state index in [0.717, 1.165) is 0 Å². The molecule has 0 atom stereocenters. The Balaban J connectivity index is 1.88. The van der Waals surface area contributed by atoms with Crippen molar-refractivity contribution in [2.75, 3.05) is 11.9 Å². The molecule has 2 aromatic carbocycles. The highest BCUT2D eigenvalue weighted by Crippen LogP contribution is 2.17. The van der Waals surface area contributed by atoms with Crippen LogP contribution < -0.4 is 5.32 Å². The molecule has 0 radical (unpaired) electrons. The van der Waals surface area contributed by atoms with Gasteiger partial charge in [0.25, 0.3) is 5.91 Å². The molecular weight excluding hydrogens is 274 g/mol. The van der Waals surface area contributed by atoms with Crippen molar-refractivity contribution < 1.29 is 24.5 Å². The van der Waals surface area contributed by atoms with Crippen LogP contribution >= 0.6 is 0 Å². The Morgan fingerprint density at radius 3 is 2.33 bits per heavy atom. The van der Waals surface area contributed by atoms with Crippen LogP contribution in [0.3, 0.4) is 0 Å². The number of carbonyl (C=O) groups excluding carboxylic acids is 2. The second-order valence-electron chi connectivity index (χ2n) is 4.19. The van der Waals surface area contributed by atoms with Gasteiger partial charge in [-0.05, 0) is 36.4 Å². The lowest BCUT2D eigenvalue weighted by Gasteiger charge is -2.07. The molecule has 0 aliphatic rings. The summed E-state index contributed by atoms with van der Waals surface area (Å²) in [6.45, 7) is -0.478. The van der Waals surface area contributed by atoms with Gasteiger partial charge in [-0.1, -0.05) is 12.1 Å². The molecule has 6 nitrogen and oxygen atoms in total. The van der Waals surface area contributed by atoms with E-state index in [9.17, 15) is 14.7 Å². The number of carbonyl (C=O) groups is 2. The number of esters is 1. The summed E-state index contributed by atoms with van der Waals surface area (Å²) in [4.78, 5) is 23.3. The molecule has 0 unspecified atom stereocenters. The van der Waals surface area contributed by atoms with Crippen LogP contribution in [0, 0.1) is 0 Å². The van der Waals surface area contributed by atoms with Gasteiger partial charge in [0.15, 0.2) is 6.61 Å². The third kappa shape index (κ3) is 3.97. The molecule has 0 saturated carbocycles. The van der Waals surface area contributed by atoms with Crippen LogP contribution in [-0.4, -0.2) is 28.7 Å². The van der Waals surface area contributed by atoms with Gasteiger partial charge in [-0.2, -0.15) is 0 Å². The van der Waals surface area contributed by atoms with Crippen LogP contribution in [0.5, 0.6) is 11.5 Å². The molecule has 0 aliphatic heterocycles. The Morgan fingerprint density at radius 1 is 1.00 bits per heavy atom. The fourth-order valence-electron chi connectivity index (χ4n) is 1.60. The number of benzene rings is 2. The number of para-hydroxylation sites is 1. The number of nitrogens with one attached hydrogen (secondary N) is 1. The Bertz CT molecular complexity index is 651. The van der Waals surface area contributed by atoms with Crippen LogP contribution in [-0.2, 0) is 9.53 Å². The maximum Gasteiger partial charge on any atom is 0.342 e. The van der Waals surface area contributed by atoms with E-state index >= 15 is 0 Å². The van der Waals surface area contributed by atoms with E-state index in [0.29, 0.717) is 5.69 Å². The molecular formula is C15H13NO5. The second-order valence-corrected chi connectivity index (χ2v) is 4.19. The van der Waals surface area contributed by atoms with Crippen molar-refractivity contribution in [1.82, 2.24) is 0 Å². The van der Waals surface area contributed by atoms with Crippen molar-refractivity contribution in [3.05, 3.63) is 54.1 Å². The van der Waals surface area contributed by atoms with E-state index in [1.54, 1.807) is 12.1 Å². The maximum absolute atomic E-state index is 11.7. The zero-order valence-electron chi connectivity index (χ0n) is 10.9. The molecule has 0 aliphatic carbocycles. The molecule has 0 spiro atoms. The Morgan fingerprint density at radius 2 is 1.67 bits per heavy atom. The number of phenols is 2. The Hall–Kier alpha value is -3.02. The first-order valence-electron chi connectivity index (χ1n) is 6.10. The van der Waals surface area contributed by atoms with Crippen molar-refractivity contribution in [2.45, 2.75) is 0 Å². The number of anilines is 1. The summed E-state index contributed by atoms with van der Waals surface area (Å²) >= 11 is 0. The lowest BCUT2D eigenvalue weighted by atomic mass is 10.2. The standard InChI is InChI=1S/C15H13NO5/c17-11-7-5-10(6-8-11)16-14(19)9-21-15(20)12-3-1-2-4-13(12)18/h1-8,17-18H,9H2,(H,16,19). The van der Waals surface area contributed by atoms with E-state index in [4.69, 9.17) is 9.84 Å². The molecule has 6 heteroatoms. The number of hydrogen-bond acceptors (Lipinski definition) is 5. The highest BCUT2D eigenvalue weighted by molar-refractivity contribution is 5.96. The van der Waals surface area contributed by atoms with E-state index in [-0.39, 0.29) is 17.1 Å². The van der Waals surface area contributed by atoms with Crippen LogP contribution in [0.1, 0.15) is 10.4 Å². The molecule has 108 valence electrons. The van der Waals surface area contributed by atoms with Crippen LogP contribution in [0.25, 0.3) is 0 Å². The zero-order chi connectivity index (χ0) is 15.2. The van der Waals surface area contributed by atoms with Gasteiger partial charge in [0.1, 0.15) is 17.1 Å². The molecule has 0 saturated heterocycles. The van der Waals surface area contributed by atoms with Crippen molar-refractivity contribution in [3.8, 4) is 11.5 Å². The average molecular weight is 287 g/mol. The minimum absolute atomic E-state index is 0.00469. The summed E-state index contributed by atoms with van der Waals surface area (Å²) < 4.78 is 4.81. The molecule has 1 amide bonds. The maximum atomic E-state index is 11.7. The van der Waals surface area contributed by atoms with Crippen molar-refractivity contribution in [2.24, 2.45) is 0 Å². The van der Waals surface area contributed by atoms with Gasteiger partial charge in [0.05, 0.1) is 0 Å². The number of rotatable bonds is 4. The van der Waals surface area contributed by atoms with Crippen LogP contribution in [0.2, 0.25) is 0 Å². The topological polar surface area (TPSA) is 95.9 Å². The van der Waals surface area contributed by atoms with Crippen molar-refractivity contribution in [3.63, 3.8) is 0 Å². The van der Waals surface area contributed by atoms with Gasteiger partial charge in [0, 0.05) is 5.69 Å². The van der Waals surface area contributed by atoms with Crippen LogP contribution in [0.4, 0.5) is 5.69 Å². The summed E-state index contributed by atoms with van der Waals surface area (Å²) in [5.41, 5.74) is 0.464. The van der Waals surface area contributed by atoms with E-state index in [2.05, 4.69) is 5.32 Å². The molecule has 3 N–H and O–H groups in total. The molecule has 2 aromatic rings. The minimum Gasteiger partial charge on any atom is -0.508 e. The fourth-order valence-corrected chi connectivity index (χ4v) is 1.60. The lowest BCUT2D eigenvalue weighted by Crippen LogP contribution is -2.20. The summed E-state index contributed by atoms with van der Waals surface area (Å²) in [6.07, 6.45) is 0. The zero-order valence-corrected chi connectivity index (χ0v) is 10.9. The average Bonchev–Trinajstić information content (AvgIpc) is 2.48. The predicted octanol–water partition coefficient (Wildman–Crippen LogP) is 1.89. The molecule has 0 fully saturated rings. The first-order valence-corrected chi connectivity index (χ1v) is 6.10. The summed E-state index contributed by atoms with van der Waals surface area (Å²) in [5, 5.41) is 21.1. The van der Waals surface area contributed by atoms with E-state index in [1.807, 2.05) is 0 Å². The third-order valence-electron chi connectivity index (χ3n) is 2.61. The van der Waals surface area contributed by atoms with Gasteiger partial charge in [-0.25, -0.2) is 4.79 Å². The van der Waals surface area contributed by atoms with E-state index < -0.39 is 18.5 Å². The first-order chi connectivity index (χ1) is 10.1. The summed E-state index contributed by atoms with van der Waals surface area (Å²) in [5.74, 6) is -1.43. The van der Waals surface area contributed by atoms with Crippen LogP contribution in [0.15, 0.2) is 48.5 Å². The van der Waals surface area contributed by atoms with Gasteiger partial charge in [-0.15, -0.1) is 0 Å². The largest absolute Gasteiger partial charge is 0.508 e. The first kappa shape index (κ1) is 14.4. The number of hydrogen-bond donors (Lipinski definition) is 3. The molecule has 0 heterocycles. The lowest BCUT2D eigenvalue weighted by molar-refractivity contribution is -0.119. The van der Waals surface area contributed by atoms with Gasteiger partial charge in [0.2, 0.25) is 0 Å². The van der Waals surface area contributed by atoms with Crippen molar-refractivity contribution in [1.29, 1.82) is 0 Å². The molecule has 0 aromatic heterocycles. The second kappa shape index (κ2) is 6.42. The van der Waals surface area contributed by atoms with Gasteiger partial charge < -0.3 is 20.3 Å². The highest BCUT2D eigenvalue weighted by atomic mass is 16.5. The SMILES string of the molecule is O=C(COC(=O)c1ccccc1O)Nc1ccc(O)cc1. The number of amides is 1. The van der Waals surface area contributed by atoms with Crippen molar-refractivity contribution >= 4 is 17.6 Å². The number of aromatic hydroxyl groups is 2. The summed E-state index contributed by atoms with van der Waals surface area (Å²) in [6, 6.07) is 11.8. The van der Waals surface area contributed by atoms with Gasteiger partial charge >= 0.3 is 5.97 Å². The van der Waals surface area contributed by atoms with Gasteiger partial charge in [-0.3, -0.25) is 4.79 Å². The Kier molecular flexibility index (Phi) is 4.40. The normalized spacial score (nSPS) is 9.90. The minimum atomic E-state index is -0.783. The fraction of sp³-hybridized carbons (Fsp3) is 0.0667. The smallest absolute Gasteiger partial charge is 0.342 e.